The van der Waals surface area contributed by atoms with Crippen molar-refractivity contribution in [3.8, 4) is 12.3 Å². The average Bonchev–Trinajstić information content (AvgIpc) is 2.92. The van der Waals surface area contributed by atoms with Gasteiger partial charge in [-0.25, -0.2) is 4.79 Å². The Morgan fingerprint density at radius 2 is 1.70 bits per heavy atom. The Morgan fingerprint density at radius 1 is 1.05 bits per heavy atom. The van der Waals surface area contributed by atoms with Gasteiger partial charge in [0.05, 0.1) is 6.61 Å². The van der Waals surface area contributed by atoms with Crippen LogP contribution in [0.15, 0.2) is 54.6 Å². The summed E-state index contributed by atoms with van der Waals surface area (Å²) >= 11 is 0. The average molecular weight is 548 g/mol. The number of carbonyl (C=O) groups excluding carboxylic acids is 3. The van der Waals surface area contributed by atoms with Crippen molar-refractivity contribution in [3.63, 3.8) is 0 Å². The van der Waals surface area contributed by atoms with Crippen molar-refractivity contribution >= 4 is 17.9 Å². The minimum Gasteiger partial charge on any atom is -0.444 e. The minimum absolute atomic E-state index is 0.00664. The molecule has 1 aliphatic carbocycles. The van der Waals surface area contributed by atoms with Gasteiger partial charge in [-0.1, -0.05) is 73.7 Å². The van der Waals surface area contributed by atoms with E-state index in [-0.39, 0.29) is 31.5 Å². The molecule has 2 aromatic rings. The quantitative estimate of drug-likeness (QED) is 0.388. The van der Waals surface area contributed by atoms with Crippen LogP contribution in [0.25, 0.3) is 0 Å². The SMILES string of the molecule is C#Cc1ccccc1C(C(=O)NC1CCCCC1)N(CCO)C(=O)C(Cc1ccccc1)NC(=O)OC(C)(C)C. The van der Waals surface area contributed by atoms with E-state index in [2.05, 4.69) is 16.6 Å². The fourth-order valence-corrected chi connectivity index (χ4v) is 5.02. The van der Waals surface area contributed by atoms with Crippen LogP contribution in [-0.2, 0) is 20.7 Å². The van der Waals surface area contributed by atoms with Crippen LogP contribution < -0.4 is 10.6 Å². The van der Waals surface area contributed by atoms with Gasteiger partial charge in [-0.05, 0) is 50.8 Å². The van der Waals surface area contributed by atoms with Crippen LogP contribution in [0, 0.1) is 12.3 Å². The van der Waals surface area contributed by atoms with Crippen molar-refractivity contribution in [1.29, 1.82) is 0 Å². The van der Waals surface area contributed by atoms with Gasteiger partial charge in [0, 0.05) is 24.6 Å². The summed E-state index contributed by atoms with van der Waals surface area (Å²) in [7, 11) is 0. The fraction of sp³-hybridized carbons (Fsp3) is 0.469. The molecule has 2 aromatic carbocycles. The Morgan fingerprint density at radius 3 is 2.33 bits per heavy atom. The number of aliphatic hydroxyl groups is 1. The molecule has 214 valence electrons. The molecular weight excluding hydrogens is 506 g/mol. The number of nitrogens with one attached hydrogen (secondary N) is 2. The van der Waals surface area contributed by atoms with E-state index in [1.54, 1.807) is 45.0 Å². The summed E-state index contributed by atoms with van der Waals surface area (Å²) < 4.78 is 5.45. The highest BCUT2D eigenvalue weighted by molar-refractivity contribution is 5.92. The number of benzene rings is 2. The first-order valence-corrected chi connectivity index (χ1v) is 13.9. The standard InChI is InChI=1S/C32H41N3O5/c1-5-24-16-12-13-19-26(24)28(29(37)33-25-17-10-7-11-18-25)35(20-21-36)30(38)27(22-23-14-8-6-9-15-23)34-31(39)40-32(2,3)4/h1,6,8-9,12-16,19,25,27-28,36H,7,10-11,17-18,20-22H2,2-4H3,(H,33,37)(H,34,39). The molecule has 3 amide bonds. The molecule has 1 fully saturated rings. The number of rotatable bonds is 10. The third kappa shape index (κ3) is 8.85. The number of ether oxygens (including phenoxy) is 1. The van der Waals surface area contributed by atoms with E-state index in [1.165, 1.54) is 4.90 Å². The number of hydrogen-bond acceptors (Lipinski definition) is 5. The number of terminal acetylenes is 1. The van der Waals surface area contributed by atoms with Crippen LogP contribution >= 0.6 is 0 Å². The molecule has 8 nitrogen and oxygen atoms in total. The Hall–Kier alpha value is -3.83. The number of carbonyl (C=O) groups is 3. The van der Waals surface area contributed by atoms with Crippen LogP contribution in [0.2, 0.25) is 0 Å². The predicted molar refractivity (Wildman–Crippen MR) is 154 cm³/mol. The highest BCUT2D eigenvalue weighted by Crippen LogP contribution is 2.27. The molecule has 2 unspecified atom stereocenters. The maximum Gasteiger partial charge on any atom is 0.408 e. The monoisotopic (exact) mass is 547 g/mol. The first kappa shape index (κ1) is 30.7. The highest BCUT2D eigenvalue weighted by atomic mass is 16.6. The number of alkyl carbamates (subject to hydrolysis) is 1. The zero-order chi connectivity index (χ0) is 29.1. The third-order valence-corrected chi connectivity index (χ3v) is 6.82. The van der Waals surface area contributed by atoms with E-state index in [0.29, 0.717) is 11.1 Å². The van der Waals surface area contributed by atoms with Gasteiger partial charge in [0.1, 0.15) is 17.7 Å². The van der Waals surface area contributed by atoms with Gasteiger partial charge in [0.25, 0.3) is 0 Å². The van der Waals surface area contributed by atoms with Gasteiger partial charge in [-0.2, -0.15) is 0 Å². The molecule has 0 heterocycles. The molecule has 1 saturated carbocycles. The van der Waals surface area contributed by atoms with E-state index in [9.17, 15) is 19.5 Å². The predicted octanol–water partition coefficient (Wildman–Crippen LogP) is 4.11. The zero-order valence-corrected chi connectivity index (χ0v) is 23.7. The molecule has 1 aliphatic rings. The fourth-order valence-electron chi connectivity index (χ4n) is 5.02. The van der Waals surface area contributed by atoms with E-state index in [4.69, 9.17) is 11.2 Å². The van der Waals surface area contributed by atoms with Gasteiger partial charge in [0.2, 0.25) is 11.8 Å². The summed E-state index contributed by atoms with van der Waals surface area (Å²) in [6.07, 6.45) is 10.1. The highest BCUT2D eigenvalue weighted by Gasteiger charge is 2.37. The molecule has 2 atom stereocenters. The normalized spacial score (nSPS) is 15.3. The van der Waals surface area contributed by atoms with E-state index < -0.39 is 29.7 Å². The van der Waals surface area contributed by atoms with Crippen molar-refractivity contribution in [2.75, 3.05) is 13.2 Å². The van der Waals surface area contributed by atoms with Crippen LogP contribution in [0.5, 0.6) is 0 Å². The van der Waals surface area contributed by atoms with Gasteiger partial charge < -0.3 is 25.4 Å². The Kier molecular flexibility index (Phi) is 11.2. The van der Waals surface area contributed by atoms with Crippen molar-refractivity contribution < 1.29 is 24.2 Å². The molecule has 0 aromatic heterocycles. The second-order valence-electron chi connectivity index (χ2n) is 11.1. The third-order valence-electron chi connectivity index (χ3n) is 6.82. The Labute approximate surface area is 237 Å². The lowest BCUT2D eigenvalue weighted by Gasteiger charge is -2.35. The molecule has 0 saturated heterocycles. The summed E-state index contributed by atoms with van der Waals surface area (Å²) in [5.74, 6) is 1.73. The van der Waals surface area contributed by atoms with E-state index >= 15 is 0 Å². The van der Waals surface area contributed by atoms with Crippen LogP contribution in [-0.4, -0.2) is 58.8 Å². The molecule has 8 heteroatoms. The van der Waals surface area contributed by atoms with Crippen LogP contribution in [0.3, 0.4) is 0 Å². The van der Waals surface area contributed by atoms with E-state index in [0.717, 1.165) is 37.7 Å². The van der Waals surface area contributed by atoms with Gasteiger partial charge in [0.15, 0.2) is 0 Å². The lowest BCUT2D eigenvalue weighted by Crippen LogP contribution is -2.55. The number of aliphatic hydroxyl groups excluding tert-OH is 1. The maximum absolute atomic E-state index is 14.3. The maximum atomic E-state index is 14.3. The Balaban J connectivity index is 2.02. The van der Waals surface area contributed by atoms with Gasteiger partial charge in [-0.3, -0.25) is 9.59 Å². The number of amides is 3. The zero-order valence-electron chi connectivity index (χ0n) is 23.7. The van der Waals surface area contributed by atoms with Crippen molar-refractivity contribution in [2.45, 2.75) is 83.0 Å². The first-order chi connectivity index (χ1) is 19.1. The molecule has 0 radical (unpaired) electrons. The van der Waals surface area contributed by atoms with Crippen LogP contribution in [0.4, 0.5) is 4.79 Å². The Bertz CT molecular complexity index is 1180. The van der Waals surface area contributed by atoms with Gasteiger partial charge >= 0.3 is 6.09 Å². The first-order valence-electron chi connectivity index (χ1n) is 13.9. The largest absolute Gasteiger partial charge is 0.444 e. The van der Waals surface area contributed by atoms with Gasteiger partial charge in [-0.15, -0.1) is 6.42 Å². The second-order valence-corrected chi connectivity index (χ2v) is 11.1. The van der Waals surface area contributed by atoms with E-state index in [1.807, 2.05) is 30.3 Å². The lowest BCUT2D eigenvalue weighted by atomic mass is 9.93. The minimum atomic E-state index is -1.10. The summed E-state index contributed by atoms with van der Waals surface area (Å²) in [5, 5.41) is 15.9. The molecule has 3 rings (SSSR count). The molecule has 0 aliphatic heterocycles. The van der Waals surface area contributed by atoms with Crippen LogP contribution in [0.1, 0.15) is 75.6 Å². The van der Waals surface area contributed by atoms with Crippen molar-refractivity contribution in [2.24, 2.45) is 0 Å². The number of nitrogens with zero attached hydrogens (tertiary/aromatic N) is 1. The molecule has 40 heavy (non-hydrogen) atoms. The summed E-state index contributed by atoms with van der Waals surface area (Å²) in [4.78, 5) is 42.3. The number of hydrogen-bond donors (Lipinski definition) is 3. The van der Waals surface area contributed by atoms with Crippen molar-refractivity contribution in [1.82, 2.24) is 15.5 Å². The summed E-state index contributed by atoms with van der Waals surface area (Å²) in [6.45, 7) is 4.69. The summed E-state index contributed by atoms with van der Waals surface area (Å²) in [5.41, 5.74) is 0.995. The second kappa shape index (κ2) is 14.5. The summed E-state index contributed by atoms with van der Waals surface area (Å²) in [6, 6.07) is 14.1. The molecular formula is C32H41N3O5. The lowest BCUT2D eigenvalue weighted by molar-refractivity contribution is -0.143. The topological polar surface area (TPSA) is 108 Å². The molecule has 0 spiro atoms. The molecule has 0 bridgehead atoms. The molecule has 3 N–H and O–H groups in total. The van der Waals surface area contributed by atoms with Crippen molar-refractivity contribution in [3.05, 3.63) is 71.3 Å². The smallest absolute Gasteiger partial charge is 0.408 e.